The van der Waals surface area contributed by atoms with Crippen molar-refractivity contribution in [3.63, 3.8) is 0 Å². The summed E-state index contributed by atoms with van der Waals surface area (Å²) in [6.07, 6.45) is -0.558. The maximum absolute atomic E-state index is 13.3. The van der Waals surface area contributed by atoms with Gasteiger partial charge in [-0.15, -0.1) is 0 Å². The van der Waals surface area contributed by atoms with Crippen LogP contribution in [0.1, 0.15) is 26.3 Å². The van der Waals surface area contributed by atoms with Crippen molar-refractivity contribution in [1.29, 1.82) is 0 Å². The summed E-state index contributed by atoms with van der Waals surface area (Å²) in [6, 6.07) is 4.50. The van der Waals surface area contributed by atoms with Crippen molar-refractivity contribution >= 4 is 22.0 Å². The summed E-state index contributed by atoms with van der Waals surface area (Å²) in [7, 11) is 0. The Hall–Kier alpha value is -1.10. The molecule has 1 N–H and O–H groups in total. The van der Waals surface area contributed by atoms with Gasteiger partial charge in [0.2, 0.25) is 0 Å². The van der Waals surface area contributed by atoms with E-state index in [2.05, 4.69) is 21.2 Å². The summed E-state index contributed by atoms with van der Waals surface area (Å²) in [5, 5.41) is 2.63. The highest BCUT2D eigenvalue weighted by Gasteiger charge is 2.15. The zero-order chi connectivity index (χ0) is 13.1. The Kier molecular flexibility index (Phi) is 4.51. The molecule has 17 heavy (non-hydrogen) atoms. The minimum absolute atomic E-state index is 0.0901. The van der Waals surface area contributed by atoms with Crippen molar-refractivity contribution in [2.45, 2.75) is 32.9 Å². The number of hydrogen-bond donors (Lipinski definition) is 1. The molecule has 3 nitrogen and oxygen atoms in total. The van der Waals surface area contributed by atoms with Crippen LogP contribution in [-0.4, -0.2) is 11.6 Å². The van der Waals surface area contributed by atoms with E-state index in [1.165, 1.54) is 6.07 Å². The van der Waals surface area contributed by atoms with Crippen LogP contribution in [0.2, 0.25) is 0 Å². The molecule has 0 heterocycles. The molecule has 0 unspecified atom stereocenters. The molecule has 0 fully saturated rings. The monoisotopic (exact) mass is 303 g/mol. The summed E-state index contributed by atoms with van der Waals surface area (Å²) in [5.74, 6) is -0.392. The number of carbonyl (C=O) groups excluding carboxylic acids is 1. The van der Waals surface area contributed by atoms with Crippen molar-refractivity contribution in [3.8, 4) is 0 Å². The Morgan fingerprint density at radius 1 is 1.47 bits per heavy atom. The van der Waals surface area contributed by atoms with Gasteiger partial charge in [0.05, 0.1) is 0 Å². The predicted molar refractivity (Wildman–Crippen MR) is 67.2 cm³/mol. The number of rotatable bonds is 2. The Morgan fingerprint density at radius 3 is 2.71 bits per heavy atom. The van der Waals surface area contributed by atoms with E-state index in [0.29, 0.717) is 5.56 Å². The van der Waals surface area contributed by atoms with Crippen LogP contribution in [0.4, 0.5) is 9.18 Å². The summed E-state index contributed by atoms with van der Waals surface area (Å²) < 4.78 is 19.0. The fourth-order valence-corrected chi connectivity index (χ4v) is 1.55. The summed E-state index contributed by atoms with van der Waals surface area (Å²) in [4.78, 5) is 11.4. The standard InChI is InChI=1S/C12H15BrFNO2/c1-12(2,3)15-11(16)17-7-8-6-9(13)4-5-10(8)14/h4-6H,7H2,1-3H3,(H,15,16). The molecule has 5 heteroatoms. The number of benzene rings is 1. The van der Waals surface area contributed by atoms with Crippen molar-refractivity contribution in [2.24, 2.45) is 0 Å². The van der Waals surface area contributed by atoms with Crippen molar-refractivity contribution in [3.05, 3.63) is 34.1 Å². The lowest BCUT2D eigenvalue weighted by atomic mass is 10.1. The summed E-state index contributed by atoms with van der Waals surface area (Å²) in [6.45, 7) is 5.43. The van der Waals surface area contributed by atoms with Crippen LogP contribution in [-0.2, 0) is 11.3 Å². The van der Waals surface area contributed by atoms with Crippen molar-refractivity contribution in [1.82, 2.24) is 5.32 Å². The highest BCUT2D eigenvalue weighted by Crippen LogP contribution is 2.16. The zero-order valence-corrected chi connectivity index (χ0v) is 11.6. The molecule has 0 saturated heterocycles. The van der Waals surface area contributed by atoms with Gasteiger partial charge >= 0.3 is 6.09 Å². The number of carbonyl (C=O) groups is 1. The second-order valence-electron chi connectivity index (χ2n) is 4.69. The van der Waals surface area contributed by atoms with E-state index in [1.807, 2.05) is 20.8 Å². The first kappa shape index (κ1) is 14.0. The van der Waals surface area contributed by atoms with E-state index in [0.717, 1.165) is 4.47 Å². The van der Waals surface area contributed by atoms with Gasteiger partial charge in [-0.05, 0) is 39.0 Å². The number of ether oxygens (including phenoxy) is 1. The van der Waals surface area contributed by atoms with Gasteiger partial charge in [0.25, 0.3) is 0 Å². The van der Waals surface area contributed by atoms with E-state index in [4.69, 9.17) is 4.74 Å². The van der Waals surface area contributed by atoms with Crippen LogP contribution >= 0.6 is 15.9 Å². The Balaban J connectivity index is 2.56. The van der Waals surface area contributed by atoms with Crippen LogP contribution in [0.5, 0.6) is 0 Å². The molecule has 1 aromatic carbocycles. The van der Waals surface area contributed by atoms with E-state index in [-0.39, 0.29) is 12.1 Å². The van der Waals surface area contributed by atoms with Gasteiger partial charge in [0.15, 0.2) is 0 Å². The maximum atomic E-state index is 13.3. The number of hydrogen-bond acceptors (Lipinski definition) is 2. The van der Waals surface area contributed by atoms with Gasteiger partial charge in [0, 0.05) is 15.6 Å². The number of alkyl carbamates (subject to hydrolysis) is 1. The molecule has 94 valence electrons. The summed E-state index contributed by atoms with van der Waals surface area (Å²) in [5.41, 5.74) is -0.0316. The summed E-state index contributed by atoms with van der Waals surface area (Å²) >= 11 is 3.23. The molecule has 0 aromatic heterocycles. The molecule has 1 aromatic rings. The maximum Gasteiger partial charge on any atom is 0.407 e. The third-order valence-electron chi connectivity index (χ3n) is 1.84. The van der Waals surface area contributed by atoms with E-state index < -0.39 is 11.9 Å². The first-order valence-electron chi connectivity index (χ1n) is 5.17. The van der Waals surface area contributed by atoms with Gasteiger partial charge in [-0.3, -0.25) is 0 Å². The average Bonchev–Trinajstić information content (AvgIpc) is 2.17. The third-order valence-corrected chi connectivity index (χ3v) is 2.34. The lowest BCUT2D eigenvalue weighted by Crippen LogP contribution is -2.40. The average molecular weight is 304 g/mol. The van der Waals surface area contributed by atoms with Crippen LogP contribution in [0, 0.1) is 5.82 Å². The third kappa shape index (κ3) is 5.17. The SMILES string of the molecule is CC(C)(C)NC(=O)OCc1cc(Br)ccc1F. The largest absolute Gasteiger partial charge is 0.445 e. The molecule has 0 saturated carbocycles. The van der Waals surface area contributed by atoms with Gasteiger partial charge < -0.3 is 10.1 Å². The van der Waals surface area contributed by atoms with Gasteiger partial charge in [0.1, 0.15) is 12.4 Å². The molecule has 0 aliphatic heterocycles. The lowest BCUT2D eigenvalue weighted by molar-refractivity contribution is 0.130. The lowest BCUT2D eigenvalue weighted by Gasteiger charge is -2.20. The second kappa shape index (κ2) is 5.49. The highest BCUT2D eigenvalue weighted by atomic mass is 79.9. The van der Waals surface area contributed by atoms with Crippen LogP contribution in [0.3, 0.4) is 0 Å². The molecule has 0 aliphatic rings. The molecule has 1 rings (SSSR count). The molecular weight excluding hydrogens is 289 g/mol. The topological polar surface area (TPSA) is 38.3 Å². The van der Waals surface area contributed by atoms with E-state index in [9.17, 15) is 9.18 Å². The van der Waals surface area contributed by atoms with E-state index >= 15 is 0 Å². The number of amides is 1. The molecule has 0 bridgehead atoms. The fourth-order valence-electron chi connectivity index (χ4n) is 1.14. The highest BCUT2D eigenvalue weighted by molar-refractivity contribution is 9.10. The first-order chi connectivity index (χ1) is 7.78. The minimum atomic E-state index is -0.558. The Bertz CT molecular complexity index is 415. The fraction of sp³-hybridized carbons (Fsp3) is 0.417. The number of halogens is 2. The molecular formula is C12H15BrFNO2. The van der Waals surface area contributed by atoms with Gasteiger partial charge in [-0.25, -0.2) is 9.18 Å². The Morgan fingerprint density at radius 2 is 2.12 bits per heavy atom. The van der Waals surface area contributed by atoms with Crippen LogP contribution in [0.25, 0.3) is 0 Å². The Labute approximate surface area is 108 Å². The zero-order valence-electron chi connectivity index (χ0n) is 10.0. The second-order valence-corrected chi connectivity index (χ2v) is 5.60. The molecule has 0 aliphatic carbocycles. The number of nitrogens with one attached hydrogen (secondary N) is 1. The first-order valence-corrected chi connectivity index (χ1v) is 5.96. The molecule has 0 radical (unpaired) electrons. The van der Waals surface area contributed by atoms with Crippen LogP contribution < -0.4 is 5.32 Å². The molecule has 1 amide bonds. The molecule has 0 atom stereocenters. The molecule has 0 spiro atoms. The van der Waals surface area contributed by atoms with E-state index in [1.54, 1.807) is 12.1 Å². The quantitative estimate of drug-likeness (QED) is 0.906. The van der Waals surface area contributed by atoms with Crippen molar-refractivity contribution in [2.75, 3.05) is 0 Å². The smallest absolute Gasteiger partial charge is 0.407 e. The predicted octanol–water partition coefficient (Wildman–Crippen LogP) is 3.61. The van der Waals surface area contributed by atoms with Crippen molar-refractivity contribution < 1.29 is 13.9 Å². The normalized spacial score (nSPS) is 11.1. The van der Waals surface area contributed by atoms with Crippen LogP contribution in [0.15, 0.2) is 22.7 Å². The van der Waals surface area contributed by atoms with Gasteiger partial charge in [-0.2, -0.15) is 0 Å². The van der Waals surface area contributed by atoms with Gasteiger partial charge in [-0.1, -0.05) is 15.9 Å². The minimum Gasteiger partial charge on any atom is -0.445 e.